The second-order valence-corrected chi connectivity index (χ2v) is 7.59. The van der Waals surface area contributed by atoms with Crippen LogP contribution in [0.3, 0.4) is 0 Å². The number of carbonyl (C=O) groups is 1. The lowest BCUT2D eigenvalue weighted by Gasteiger charge is -2.27. The first-order valence-corrected chi connectivity index (χ1v) is 10.00. The Balaban J connectivity index is 1.45. The molecule has 7 heteroatoms. The molecule has 1 unspecified atom stereocenters. The number of benzene rings is 2. The quantitative estimate of drug-likeness (QED) is 0.699. The summed E-state index contributed by atoms with van der Waals surface area (Å²) in [6.07, 6.45) is 0.956. The van der Waals surface area contributed by atoms with Crippen LogP contribution in [-0.2, 0) is 11.3 Å². The Kier molecular flexibility index (Phi) is 7.31. The van der Waals surface area contributed by atoms with E-state index in [9.17, 15) is 4.79 Å². The summed E-state index contributed by atoms with van der Waals surface area (Å²) in [4.78, 5) is 14.6. The smallest absolute Gasteiger partial charge is 0.280 e. The first-order chi connectivity index (χ1) is 13.5. The van der Waals surface area contributed by atoms with Crippen molar-refractivity contribution in [3.8, 4) is 5.75 Å². The molecular formula is C21H23Cl2N3O2. The minimum absolute atomic E-state index is 0.315. The molecule has 0 aromatic heterocycles. The summed E-state index contributed by atoms with van der Waals surface area (Å²) in [6, 6.07) is 15.3. The molecule has 0 bridgehead atoms. The number of amides is 1. The number of piperidine rings is 1. The summed E-state index contributed by atoms with van der Waals surface area (Å²) in [7, 11) is 0. The average Bonchev–Trinajstić information content (AvgIpc) is 2.70. The van der Waals surface area contributed by atoms with Gasteiger partial charge in [-0.1, -0.05) is 53.5 Å². The van der Waals surface area contributed by atoms with E-state index in [0.29, 0.717) is 15.8 Å². The number of carbonyl (C=O) groups excluding carboxylic acids is 1. The van der Waals surface area contributed by atoms with E-state index in [2.05, 4.69) is 39.7 Å². The Hall–Kier alpha value is -2.08. The predicted octanol–water partition coefficient (Wildman–Crippen LogP) is 4.53. The van der Waals surface area contributed by atoms with Crippen molar-refractivity contribution in [3.05, 3.63) is 64.1 Å². The zero-order valence-corrected chi connectivity index (χ0v) is 17.2. The molecular weight excluding hydrogens is 397 g/mol. The molecule has 0 saturated carbocycles. The molecule has 1 aliphatic rings. The Morgan fingerprint density at radius 2 is 1.89 bits per heavy atom. The van der Waals surface area contributed by atoms with E-state index in [-0.39, 0.29) is 5.91 Å². The zero-order chi connectivity index (χ0) is 19.9. The van der Waals surface area contributed by atoms with Crippen molar-refractivity contribution in [2.45, 2.75) is 32.4 Å². The molecule has 0 spiro atoms. The first kappa shape index (κ1) is 20.6. The van der Waals surface area contributed by atoms with Crippen molar-refractivity contribution in [1.29, 1.82) is 0 Å². The van der Waals surface area contributed by atoms with Crippen LogP contribution in [-0.4, -0.2) is 35.7 Å². The zero-order valence-electron chi connectivity index (χ0n) is 15.7. The molecule has 0 radical (unpaired) electrons. The Labute approximate surface area is 175 Å². The van der Waals surface area contributed by atoms with Crippen molar-refractivity contribution in [2.75, 3.05) is 13.1 Å². The standard InChI is InChI=1S/C21H23Cl2N3O2/c1-15(28-20-8-7-17(22)13-19(20)23)21(27)25-24-18-9-11-26(12-10-18)14-16-5-3-2-4-6-16/h2-8,13,15H,9-12,14H2,1H3,(H,25,27). The van der Waals surface area contributed by atoms with Gasteiger partial charge < -0.3 is 4.74 Å². The number of ether oxygens (including phenoxy) is 1. The van der Waals surface area contributed by atoms with Gasteiger partial charge in [-0.15, -0.1) is 0 Å². The van der Waals surface area contributed by atoms with E-state index >= 15 is 0 Å². The number of likely N-dealkylation sites (tertiary alicyclic amines) is 1. The molecule has 3 rings (SSSR count). The molecule has 1 fully saturated rings. The fourth-order valence-electron chi connectivity index (χ4n) is 2.96. The predicted molar refractivity (Wildman–Crippen MR) is 113 cm³/mol. The fraction of sp³-hybridized carbons (Fsp3) is 0.333. The molecule has 0 aliphatic carbocycles. The van der Waals surface area contributed by atoms with E-state index in [1.165, 1.54) is 5.56 Å². The van der Waals surface area contributed by atoms with Crippen LogP contribution < -0.4 is 10.2 Å². The molecule has 1 atom stereocenters. The third kappa shape index (κ3) is 5.96. The summed E-state index contributed by atoms with van der Waals surface area (Å²) >= 11 is 11.9. The van der Waals surface area contributed by atoms with Crippen molar-refractivity contribution in [3.63, 3.8) is 0 Å². The molecule has 148 valence electrons. The van der Waals surface area contributed by atoms with Gasteiger partial charge in [0.2, 0.25) is 0 Å². The highest BCUT2D eigenvalue weighted by atomic mass is 35.5. The largest absolute Gasteiger partial charge is 0.479 e. The van der Waals surface area contributed by atoms with Crippen molar-refractivity contribution < 1.29 is 9.53 Å². The van der Waals surface area contributed by atoms with E-state index in [0.717, 1.165) is 38.2 Å². The third-order valence-corrected chi connectivity index (χ3v) is 5.10. The van der Waals surface area contributed by atoms with Gasteiger partial charge >= 0.3 is 0 Å². The maximum atomic E-state index is 12.3. The highest BCUT2D eigenvalue weighted by Crippen LogP contribution is 2.28. The van der Waals surface area contributed by atoms with Gasteiger partial charge in [0, 0.05) is 43.2 Å². The number of halogens is 2. The van der Waals surface area contributed by atoms with E-state index in [1.807, 2.05) is 6.07 Å². The summed E-state index contributed by atoms with van der Waals surface area (Å²) < 4.78 is 5.61. The SMILES string of the molecule is CC(Oc1ccc(Cl)cc1Cl)C(=O)NN=C1CCN(Cc2ccccc2)CC1. The molecule has 1 aliphatic heterocycles. The second-order valence-electron chi connectivity index (χ2n) is 6.75. The number of hydrazone groups is 1. The van der Waals surface area contributed by atoms with Gasteiger partial charge in [-0.3, -0.25) is 9.69 Å². The number of rotatable bonds is 6. The van der Waals surface area contributed by atoms with Crippen LogP contribution in [0.1, 0.15) is 25.3 Å². The number of nitrogens with one attached hydrogen (secondary N) is 1. The van der Waals surface area contributed by atoms with Crippen LogP contribution in [0.5, 0.6) is 5.75 Å². The molecule has 1 heterocycles. The van der Waals surface area contributed by atoms with Crippen molar-refractivity contribution in [2.24, 2.45) is 5.10 Å². The van der Waals surface area contributed by atoms with Crippen molar-refractivity contribution >= 4 is 34.8 Å². The van der Waals surface area contributed by atoms with Crippen LogP contribution in [0.25, 0.3) is 0 Å². The summed E-state index contributed by atoms with van der Waals surface area (Å²) in [5.41, 5.74) is 4.91. The van der Waals surface area contributed by atoms with E-state index in [1.54, 1.807) is 25.1 Å². The van der Waals surface area contributed by atoms with Crippen LogP contribution in [0.4, 0.5) is 0 Å². The lowest BCUT2D eigenvalue weighted by molar-refractivity contribution is -0.127. The van der Waals surface area contributed by atoms with Crippen LogP contribution in [0.2, 0.25) is 10.0 Å². The summed E-state index contributed by atoms with van der Waals surface area (Å²) in [6.45, 7) is 4.45. The number of nitrogens with zero attached hydrogens (tertiary/aromatic N) is 2. The minimum Gasteiger partial charge on any atom is -0.479 e. The maximum Gasteiger partial charge on any atom is 0.280 e. The topological polar surface area (TPSA) is 53.9 Å². The second kappa shape index (κ2) is 9.92. The Bertz CT molecular complexity index is 833. The molecule has 28 heavy (non-hydrogen) atoms. The molecule has 2 aromatic carbocycles. The average molecular weight is 420 g/mol. The van der Waals surface area contributed by atoms with Crippen molar-refractivity contribution in [1.82, 2.24) is 10.3 Å². The van der Waals surface area contributed by atoms with Crippen LogP contribution >= 0.6 is 23.2 Å². The number of hydrogen-bond acceptors (Lipinski definition) is 4. The van der Waals surface area contributed by atoms with Gasteiger partial charge in [0.15, 0.2) is 6.10 Å². The minimum atomic E-state index is -0.721. The highest BCUT2D eigenvalue weighted by Gasteiger charge is 2.18. The van der Waals surface area contributed by atoms with Gasteiger partial charge in [-0.2, -0.15) is 5.10 Å². The van der Waals surface area contributed by atoms with E-state index < -0.39 is 6.10 Å². The summed E-state index contributed by atoms with van der Waals surface area (Å²) in [5.74, 6) is 0.0980. The molecule has 1 N–H and O–H groups in total. The van der Waals surface area contributed by atoms with Gasteiger partial charge in [-0.25, -0.2) is 5.43 Å². The van der Waals surface area contributed by atoms with Gasteiger partial charge in [-0.05, 0) is 30.7 Å². The maximum absolute atomic E-state index is 12.3. The van der Waals surface area contributed by atoms with Gasteiger partial charge in [0.1, 0.15) is 5.75 Å². The van der Waals surface area contributed by atoms with Gasteiger partial charge in [0.25, 0.3) is 5.91 Å². The molecule has 1 saturated heterocycles. The van der Waals surface area contributed by atoms with Crippen LogP contribution in [0.15, 0.2) is 53.6 Å². The highest BCUT2D eigenvalue weighted by molar-refractivity contribution is 6.35. The number of hydrogen-bond donors (Lipinski definition) is 1. The lowest BCUT2D eigenvalue weighted by Crippen LogP contribution is -2.37. The van der Waals surface area contributed by atoms with Crippen LogP contribution in [0, 0.1) is 0 Å². The van der Waals surface area contributed by atoms with E-state index in [4.69, 9.17) is 27.9 Å². The molecule has 5 nitrogen and oxygen atoms in total. The Morgan fingerprint density at radius 1 is 1.18 bits per heavy atom. The lowest BCUT2D eigenvalue weighted by atomic mass is 10.1. The third-order valence-electron chi connectivity index (χ3n) is 4.57. The molecule has 1 amide bonds. The van der Waals surface area contributed by atoms with Gasteiger partial charge in [0.05, 0.1) is 5.02 Å². The monoisotopic (exact) mass is 419 g/mol. The molecule has 2 aromatic rings. The summed E-state index contributed by atoms with van der Waals surface area (Å²) in [5, 5.41) is 5.16. The first-order valence-electron chi connectivity index (χ1n) is 9.24. The Morgan fingerprint density at radius 3 is 2.57 bits per heavy atom. The fourth-order valence-corrected chi connectivity index (χ4v) is 3.42. The normalized spacial score (nSPS) is 15.8.